The number of aryl methyl sites for hydroxylation is 1. The van der Waals surface area contributed by atoms with Crippen molar-refractivity contribution >= 4 is 10.9 Å². The Balaban J connectivity index is 2.43. The van der Waals surface area contributed by atoms with E-state index in [1.807, 2.05) is 32.9 Å². The average Bonchev–Trinajstić information content (AvgIpc) is 2.42. The van der Waals surface area contributed by atoms with Gasteiger partial charge in [0.25, 0.3) is 5.56 Å². The van der Waals surface area contributed by atoms with E-state index >= 15 is 0 Å². The maximum atomic E-state index is 12.4. The summed E-state index contributed by atoms with van der Waals surface area (Å²) in [6, 6.07) is 5.62. The Morgan fingerprint density at radius 1 is 1.35 bits per heavy atom. The van der Waals surface area contributed by atoms with Crippen molar-refractivity contribution < 1.29 is 5.11 Å². The molecule has 0 fully saturated rings. The highest BCUT2D eigenvalue weighted by Crippen LogP contribution is 2.19. The molecule has 1 aromatic heterocycles. The van der Waals surface area contributed by atoms with Crippen molar-refractivity contribution in [2.75, 3.05) is 0 Å². The fourth-order valence-corrected chi connectivity index (χ4v) is 2.53. The van der Waals surface area contributed by atoms with Crippen LogP contribution in [0.3, 0.4) is 0 Å². The van der Waals surface area contributed by atoms with Gasteiger partial charge in [-0.3, -0.25) is 9.36 Å². The molecule has 0 aliphatic carbocycles. The van der Waals surface area contributed by atoms with Crippen LogP contribution in [0.5, 0.6) is 0 Å². The molecule has 1 aromatic carbocycles. The number of aromatic nitrogens is 2. The fourth-order valence-electron chi connectivity index (χ4n) is 2.53. The van der Waals surface area contributed by atoms with Crippen LogP contribution in [-0.2, 0) is 6.54 Å². The Morgan fingerprint density at radius 3 is 2.75 bits per heavy atom. The quantitative estimate of drug-likeness (QED) is 0.912. The van der Waals surface area contributed by atoms with Crippen LogP contribution >= 0.6 is 0 Å². The molecule has 0 spiro atoms. The molecule has 0 saturated heterocycles. The zero-order valence-corrected chi connectivity index (χ0v) is 12.4. The second-order valence-electron chi connectivity index (χ2n) is 5.53. The smallest absolute Gasteiger partial charge is 0.261 e. The number of nitrogens with zero attached hydrogens (tertiary/aromatic N) is 2. The lowest BCUT2D eigenvalue weighted by atomic mass is 9.95. The molecule has 20 heavy (non-hydrogen) atoms. The Kier molecular flexibility index (Phi) is 4.23. The summed E-state index contributed by atoms with van der Waals surface area (Å²) in [5, 5.41) is 11.1. The van der Waals surface area contributed by atoms with Gasteiger partial charge in [-0.1, -0.05) is 26.3 Å². The molecule has 2 rings (SSSR count). The van der Waals surface area contributed by atoms with E-state index in [2.05, 4.69) is 4.98 Å². The minimum Gasteiger partial charge on any atom is -0.388 e. The van der Waals surface area contributed by atoms with Gasteiger partial charge in [-0.2, -0.15) is 0 Å². The summed E-state index contributed by atoms with van der Waals surface area (Å²) < 4.78 is 1.52. The summed E-state index contributed by atoms with van der Waals surface area (Å²) in [7, 11) is 0. The highest BCUT2D eigenvalue weighted by atomic mass is 16.3. The van der Waals surface area contributed by atoms with Gasteiger partial charge in [-0.15, -0.1) is 0 Å². The summed E-state index contributed by atoms with van der Waals surface area (Å²) in [5.41, 5.74) is 0.872. The van der Waals surface area contributed by atoms with Crippen LogP contribution in [0.2, 0.25) is 0 Å². The van der Waals surface area contributed by atoms with Gasteiger partial charge >= 0.3 is 0 Å². The lowest BCUT2D eigenvalue weighted by Crippen LogP contribution is -2.37. The molecule has 0 amide bonds. The standard InChI is InChI=1S/C16H22N2O2/c1-4-8-16(20,5-2)10-18-11-17-14-9-12(3)6-7-13(14)15(18)19/h6-7,9,11,20H,4-5,8,10H2,1-3H3. The fraction of sp³-hybridized carbons (Fsp3) is 0.500. The second-order valence-corrected chi connectivity index (χ2v) is 5.53. The third kappa shape index (κ3) is 2.90. The first-order valence-corrected chi connectivity index (χ1v) is 7.17. The van der Waals surface area contributed by atoms with Crippen LogP contribution in [-0.4, -0.2) is 20.3 Å². The van der Waals surface area contributed by atoms with Gasteiger partial charge in [0.05, 0.1) is 29.4 Å². The monoisotopic (exact) mass is 274 g/mol. The predicted octanol–water partition coefficient (Wildman–Crippen LogP) is 2.65. The zero-order chi connectivity index (χ0) is 14.8. The minimum absolute atomic E-state index is 0.0852. The summed E-state index contributed by atoms with van der Waals surface area (Å²) in [6.45, 7) is 6.25. The molecule has 1 N–H and O–H groups in total. The molecule has 0 radical (unpaired) electrons. The summed E-state index contributed by atoms with van der Waals surface area (Å²) in [6.07, 6.45) is 3.74. The number of aliphatic hydroxyl groups is 1. The van der Waals surface area contributed by atoms with Gasteiger partial charge in [-0.25, -0.2) is 4.98 Å². The molecule has 1 atom stereocenters. The van der Waals surface area contributed by atoms with Crippen LogP contribution < -0.4 is 5.56 Å². The minimum atomic E-state index is -0.835. The molecule has 1 unspecified atom stereocenters. The normalized spacial score (nSPS) is 14.4. The molecule has 4 nitrogen and oxygen atoms in total. The van der Waals surface area contributed by atoms with E-state index in [0.717, 1.165) is 12.0 Å². The van der Waals surface area contributed by atoms with E-state index in [1.54, 1.807) is 12.4 Å². The van der Waals surface area contributed by atoms with E-state index in [-0.39, 0.29) is 5.56 Å². The predicted molar refractivity (Wildman–Crippen MR) is 80.9 cm³/mol. The number of fused-ring (bicyclic) bond motifs is 1. The first kappa shape index (κ1) is 14.7. The first-order chi connectivity index (χ1) is 9.49. The summed E-state index contributed by atoms with van der Waals surface area (Å²) in [5.74, 6) is 0. The van der Waals surface area contributed by atoms with Crippen LogP contribution in [0.25, 0.3) is 10.9 Å². The van der Waals surface area contributed by atoms with Crippen LogP contribution in [0.4, 0.5) is 0 Å². The van der Waals surface area contributed by atoms with Gasteiger partial charge in [0.15, 0.2) is 0 Å². The van der Waals surface area contributed by atoms with E-state index in [4.69, 9.17) is 0 Å². The number of rotatable bonds is 5. The Labute approximate surface area is 119 Å². The van der Waals surface area contributed by atoms with Gasteiger partial charge in [0, 0.05) is 0 Å². The van der Waals surface area contributed by atoms with Crippen molar-refractivity contribution in [1.29, 1.82) is 0 Å². The summed E-state index contributed by atoms with van der Waals surface area (Å²) >= 11 is 0. The van der Waals surface area contributed by atoms with Gasteiger partial charge < -0.3 is 5.11 Å². The zero-order valence-electron chi connectivity index (χ0n) is 12.4. The molecular formula is C16H22N2O2. The van der Waals surface area contributed by atoms with Gasteiger partial charge in [0.1, 0.15) is 0 Å². The lowest BCUT2D eigenvalue weighted by molar-refractivity contribution is 0.00881. The molecule has 1 heterocycles. The Hall–Kier alpha value is -1.68. The highest BCUT2D eigenvalue weighted by Gasteiger charge is 2.24. The lowest BCUT2D eigenvalue weighted by Gasteiger charge is -2.27. The maximum Gasteiger partial charge on any atom is 0.261 e. The molecule has 0 aliphatic rings. The van der Waals surface area contributed by atoms with Gasteiger partial charge in [-0.05, 0) is 37.5 Å². The molecule has 2 aromatic rings. The maximum absolute atomic E-state index is 12.4. The second kappa shape index (κ2) is 5.75. The van der Waals surface area contributed by atoms with E-state index < -0.39 is 5.60 Å². The molecule has 4 heteroatoms. The topological polar surface area (TPSA) is 55.1 Å². The van der Waals surface area contributed by atoms with Crippen molar-refractivity contribution in [1.82, 2.24) is 9.55 Å². The van der Waals surface area contributed by atoms with Gasteiger partial charge in [0.2, 0.25) is 0 Å². The van der Waals surface area contributed by atoms with Crippen molar-refractivity contribution in [3.05, 3.63) is 40.4 Å². The third-order valence-electron chi connectivity index (χ3n) is 3.82. The molecule has 0 aliphatic heterocycles. The summed E-state index contributed by atoms with van der Waals surface area (Å²) in [4.78, 5) is 16.8. The number of hydrogen-bond acceptors (Lipinski definition) is 3. The van der Waals surface area contributed by atoms with Crippen molar-refractivity contribution in [3.8, 4) is 0 Å². The van der Waals surface area contributed by atoms with Crippen molar-refractivity contribution in [2.45, 2.75) is 52.2 Å². The Bertz CT molecular complexity index is 663. The van der Waals surface area contributed by atoms with Crippen LogP contribution in [0.1, 0.15) is 38.7 Å². The number of hydrogen-bond donors (Lipinski definition) is 1. The largest absolute Gasteiger partial charge is 0.388 e. The van der Waals surface area contributed by atoms with Crippen molar-refractivity contribution in [2.24, 2.45) is 0 Å². The van der Waals surface area contributed by atoms with E-state index in [9.17, 15) is 9.90 Å². The van der Waals surface area contributed by atoms with Crippen LogP contribution in [0.15, 0.2) is 29.3 Å². The van der Waals surface area contributed by atoms with E-state index in [0.29, 0.717) is 30.3 Å². The first-order valence-electron chi connectivity index (χ1n) is 7.17. The van der Waals surface area contributed by atoms with E-state index in [1.165, 1.54) is 4.57 Å². The van der Waals surface area contributed by atoms with Crippen LogP contribution in [0, 0.1) is 6.92 Å². The SMILES string of the molecule is CCCC(O)(CC)Cn1cnc2cc(C)ccc2c1=O. The Morgan fingerprint density at radius 2 is 2.10 bits per heavy atom. The molecule has 0 saturated carbocycles. The third-order valence-corrected chi connectivity index (χ3v) is 3.82. The molecule has 0 bridgehead atoms. The molecular weight excluding hydrogens is 252 g/mol. The van der Waals surface area contributed by atoms with Crippen molar-refractivity contribution in [3.63, 3.8) is 0 Å². The number of benzene rings is 1. The molecule has 108 valence electrons. The average molecular weight is 274 g/mol. The highest BCUT2D eigenvalue weighted by molar-refractivity contribution is 5.77.